The van der Waals surface area contributed by atoms with Crippen LogP contribution in [0.25, 0.3) is 0 Å². The highest BCUT2D eigenvalue weighted by Crippen LogP contribution is 2.30. The van der Waals surface area contributed by atoms with E-state index in [0.717, 1.165) is 15.9 Å². The Morgan fingerprint density at radius 2 is 1.93 bits per heavy atom. The number of ether oxygens (including phenoxy) is 1. The minimum atomic E-state index is -0.169. The van der Waals surface area contributed by atoms with E-state index in [-0.39, 0.29) is 11.7 Å². The summed E-state index contributed by atoms with van der Waals surface area (Å²) in [7, 11) is 0. The molecule has 3 heteroatoms. The first-order valence-corrected chi connectivity index (χ1v) is 6.42. The summed E-state index contributed by atoms with van der Waals surface area (Å²) < 4.78 is 5.92. The van der Waals surface area contributed by atoms with Crippen molar-refractivity contribution in [3.05, 3.63) is 34.9 Å². The molecule has 0 spiro atoms. The summed E-state index contributed by atoms with van der Waals surface area (Å²) in [5.74, 6) is 0. The molecular weight excluding hydrogens is 275 g/mol. The molecule has 0 N–H and O–H groups in total. The third-order valence-electron chi connectivity index (χ3n) is 1.89. The third-order valence-corrected chi connectivity index (χ3v) is 2.82. The van der Waals surface area contributed by atoms with Gasteiger partial charge in [0.25, 0.3) is 0 Å². The van der Waals surface area contributed by atoms with E-state index in [0.29, 0.717) is 0 Å². The van der Waals surface area contributed by atoms with Crippen molar-refractivity contribution in [1.82, 2.24) is 0 Å². The van der Waals surface area contributed by atoms with Crippen LogP contribution in [0.3, 0.4) is 0 Å². The summed E-state index contributed by atoms with van der Waals surface area (Å²) in [6, 6.07) is 7.79. The highest BCUT2D eigenvalue weighted by atomic mass is 79.9. The van der Waals surface area contributed by atoms with Crippen LogP contribution in [0.1, 0.15) is 32.4 Å². The molecule has 0 heterocycles. The molecule has 0 aliphatic heterocycles. The standard InChI is InChI=1S/C12H16BrClO/c1-12(2,3)15-11(8-13)9-6-4-5-7-10(9)14/h4-7,11H,8H2,1-3H3. The van der Waals surface area contributed by atoms with Crippen LogP contribution in [0, 0.1) is 0 Å². The van der Waals surface area contributed by atoms with E-state index < -0.39 is 0 Å². The van der Waals surface area contributed by atoms with Gasteiger partial charge in [0.15, 0.2) is 0 Å². The summed E-state index contributed by atoms with van der Waals surface area (Å²) in [6.45, 7) is 6.12. The molecule has 1 nitrogen and oxygen atoms in total. The molecule has 1 aromatic rings. The molecule has 1 unspecified atom stereocenters. The first kappa shape index (κ1) is 13.0. The van der Waals surface area contributed by atoms with E-state index in [1.165, 1.54) is 0 Å². The molecule has 1 rings (SSSR count). The highest BCUT2D eigenvalue weighted by Gasteiger charge is 2.20. The van der Waals surface area contributed by atoms with Gasteiger partial charge >= 0.3 is 0 Å². The Hall–Kier alpha value is -0.0500. The minimum Gasteiger partial charge on any atom is -0.367 e. The third kappa shape index (κ3) is 4.13. The molecule has 84 valence electrons. The van der Waals surface area contributed by atoms with E-state index in [2.05, 4.69) is 15.9 Å². The number of hydrogen-bond acceptors (Lipinski definition) is 1. The smallest absolute Gasteiger partial charge is 0.0943 e. The van der Waals surface area contributed by atoms with Crippen LogP contribution in [0.15, 0.2) is 24.3 Å². The first-order valence-electron chi connectivity index (χ1n) is 4.92. The van der Waals surface area contributed by atoms with Crippen LogP contribution in [-0.4, -0.2) is 10.9 Å². The van der Waals surface area contributed by atoms with Crippen molar-refractivity contribution in [1.29, 1.82) is 0 Å². The van der Waals surface area contributed by atoms with Gasteiger partial charge < -0.3 is 4.74 Å². The lowest BCUT2D eigenvalue weighted by molar-refractivity contribution is -0.0501. The summed E-state index contributed by atoms with van der Waals surface area (Å²) in [6.07, 6.45) is -0.00120. The molecule has 0 saturated carbocycles. The second-order valence-corrected chi connectivity index (χ2v) is 5.45. The molecule has 0 aliphatic rings. The predicted molar refractivity (Wildman–Crippen MR) is 68.8 cm³/mol. The number of hydrogen-bond donors (Lipinski definition) is 0. The minimum absolute atomic E-state index is 0.00120. The molecule has 0 bridgehead atoms. The quantitative estimate of drug-likeness (QED) is 0.740. The van der Waals surface area contributed by atoms with Gasteiger partial charge in [0.05, 0.1) is 11.7 Å². The van der Waals surface area contributed by atoms with Gasteiger partial charge in [-0.1, -0.05) is 45.7 Å². The van der Waals surface area contributed by atoms with E-state index in [9.17, 15) is 0 Å². The lowest BCUT2D eigenvalue weighted by Gasteiger charge is -2.27. The fourth-order valence-corrected chi connectivity index (χ4v) is 2.08. The van der Waals surface area contributed by atoms with E-state index >= 15 is 0 Å². The maximum atomic E-state index is 6.13. The van der Waals surface area contributed by atoms with E-state index in [1.54, 1.807) is 0 Å². The lowest BCUT2D eigenvalue weighted by Crippen LogP contribution is -2.23. The average molecular weight is 292 g/mol. The fourth-order valence-electron chi connectivity index (χ4n) is 1.34. The fraction of sp³-hybridized carbons (Fsp3) is 0.500. The molecule has 0 aliphatic carbocycles. The molecule has 0 amide bonds. The highest BCUT2D eigenvalue weighted by molar-refractivity contribution is 9.09. The topological polar surface area (TPSA) is 9.23 Å². The van der Waals surface area contributed by atoms with Gasteiger partial charge in [-0.05, 0) is 26.8 Å². The van der Waals surface area contributed by atoms with Crippen molar-refractivity contribution in [2.24, 2.45) is 0 Å². The SMILES string of the molecule is CC(C)(C)OC(CBr)c1ccccc1Cl. The zero-order valence-electron chi connectivity index (χ0n) is 9.26. The summed E-state index contributed by atoms with van der Waals surface area (Å²) in [4.78, 5) is 0. The van der Waals surface area contributed by atoms with Crippen molar-refractivity contribution in [3.8, 4) is 0 Å². The molecule has 0 saturated heterocycles. The van der Waals surface area contributed by atoms with Gasteiger partial charge in [-0.2, -0.15) is 0 Å². The molecule has 1 atom stereocenters. The first-order chi connectivity index (χ1) is 6.94. The molecule has 0 aromatic heterocycles. The Morgan fingerprint density at radius 1 is 1.33 bits per heavy atom. The van der Waals surface area contributed by atoms with Gasteiger partial charge in [0.1, 0.15) is 0 Å². The second-order valence-electron chi connectivity index (χ2n) is 4.39. The lowest BCUT2D eigenvalue weighted by atomic mass is 10.1. The monoisotopic (exact) mass is 290 g/mol. The number of halogens is 2. The van der Waals surface area contributed by atoms with Crippen molar-refractivity contribution >= 4 is 27.5 Å². The van der Waals surface area contributed by atoms with Crippen LogP contribution < -0.4 is 0 Å². The van der Waals surface area contributed by atoms with Crippen molar-refractivity contribution < 1.29 is 4.74 Å². The van der Waals surface area contributed by atoms with Gasteiger partial charge in [-0.25, -0.2) is 0 Å². The van der Waals surface area contributed by atoms with Crippen LogP contribution >= 0.6 is 27.5 Å². The normalized spacial score (nSPS) is 13.9. The van der Waals surface area contributed by atoms with Crippen molar-refractivity contribution in [3.63, 3.8) is 0 Å². The molecular formula is C12H16BrClO. The zero-order chi connectivity index (χ0) is 11.5. The maximum Gasteiger partial charge on any atom is 0.0943 e. The predicted octanol–water partition coefficient (Wildman–Crippen LogP) is 4.59. The van der Waals surface area contributed by atoms with Gasteiger partial charge in [-0.3, -0.25) is 0 Å². The van der Waals surface area contributed by atoms with Crippen molar-refractivity contribution in [2.45, 2.75) is 32.5 Å². The van der Waals surface area contributed by atoms with Gasteiger partial charge in [0.2, 0.25) is 0 Å². The van der Waals surface area contributed by atoms with Gasteiger partial charge in [-0.15, -0.1) is 0 Å². The van der Waals surface area contributed by atoms with Crippen LogP contribution in [-0.2, 0) is 4.74 Å². The zero-order valence-corrected chi connectivity index (χ0v) is 11.6. The number of rotatable bonds is 3. The average Bonchev–Trinajstić information content (AvgIpc) is 2.14. The molecule has 0 fully saturated rings. The van der Waals surface area contributed by atoms with E-state index in [4.69, 9.17) is 16.3 Å². The number of benzene rings is 1. The summed E-state index contributed by atoms with van der Waals surface area (Å²) in [5, 5.41) is 1.50. The maximum absolute atomic E-state index is 6.13. The van der Waals surface area contributed by atoms with Crippen LogP contribution in [0.4, 0.5) is 0 Å². The largest absolute Gasteiger partial charge is 0.367 e. The Balaban J connectivity index is 2.88. The molecule has 0 radical (unpaired) electrons. The summed E-state index contributed by atoms with van der Waals surface area (Å²) >= 11 is 9.58. The Labute approximate surface area is 105 Å². The van der Waals surface area contributed by atoms with Gasteiger partial charge in [0, 0.05) is 15.9 Å². The molecule has 15 heavy (non-hydrogen) atoms. The number of alkyl halides is 1. The Morgan fingerprint density at radius 3 is 2.40 bits per heavy atom. The van der Waals surface area contributed by atoms with Crippen LogP contribution in [0.2, 0.25) is 5.02 Å². The van der Waals surface area contributed by atoms with Crippen molar-refractivity contribution in [2.75, 3.05) is 5.33 Å². The van der Waals surface area contributed by atoms with E-state index in [1.807, 2.05) is 45.0 Å². The van der Waals surface area contributed by atoms with Crippen LogP contribution in [0.5, 0.6) is 0 Å². The Bertz CT molecular complexity index is 320. The summed E-state index contributed by atoms with van der Waals surface area (Å²) in [5.41, 5.74) is 0.864. The second kappa shape index (κ2) is 5.33. The molecule has 1 aromatic carbocycles. The Kier molecular flexibility index (Phi) is 4.63.